The third-order valence-electron chi connectivity index (χ3n) is 6.64. The Labute approximate surface area is 186 Å². The van der Waals surface area contributed by atoms with Gasteiger partial charge in [-0.05, 0) is 39.0 Å². The van der Waals surface area contributed by atoms with Gasteiger partial charge in [0.2, 0.25) is 5.91 Å². The number of amides is 1. The third-order valence-corrected chi connectivity index (χ3v) is 6.64. The standard InChI is InChI=1S/C27H37NO3/c1-4-5-6-7-10-22-17-20-13-12-18(2)16-21-14-15-24(29)26(30)25(21)19(3)9-8-11-23(20)27(31)28-22/h6-9,11-16,20-26,29-30H,4-5,10,17H2,1-3H3,(H,28,31)/b7-6+,11-8+,13-12+,18-16+,19-9+. The molecule has 1 fully saturated rings. The maximum absolute atomic E-state index is 12.9. The topological polar surface area (TPSA) is 69.6 Å². The molecule has 1 heterocycles. The fourth-order valence-corrected chi connectivity index (χ4v) is 4.88. The molecule has 0 spiro atoms. The van der Waals surface area contributed by atoms with Crippen molar-refractivity contribution < 1.29 is 15.0 Å². The fraction of sp³-hybridized carbons (Fsp3) is 0.519. The quantitative estimate of drug-likeness (QED) is 0.587. The molecule has 7 unspecified atom stereocenters. The SMILES string of the molecule is CCC/C=C/CC1CC2/C=C/C(C)=C/C3C=CC(O)C(O)C3/C(C)=C/C=C/C2C(=O)N1. The highest BCUT2D eigenvalue weighted by molar-refractivity contribution is 5.82. The van der Waals surface area contributed by atoms with Crippen LogP contribution in [0.2, 0.25) is 0 Å². The Balaban J connectivity index is 1.87. The van der Waals surface area contributed by atoms with Gasteiger partial charge < -0.3 is 15.5 Å². The largest absolute Gasteiger partial charge is 0.389 e. The second-order valence-electron chi connectivity index (χ2n) is 9.16. The first-order chi connectivity index (χ1) is 14.9. The summed E-state index contributed by atoms with van der Waals surface area (Å²) in [5.41, 5.74) is 2.10. The molecule has 1 amide bonds. The lowest BCUT2D eigenvalue weighted by Crippen LogP contribution is -2.47. The highest BCUT2D eigenvalue weighted by atomic mass is 16.3. The zero-order chi connectivity index (χ0) is 22.4. The number of nitrogens with one attached hydrogen (secondary N) is 1. The molecular formula is C27H37NO3. The summed E-state index contributed by atoms with van der Waals surface area (Å²) in [5, 5.41) is 23.9. The highest BCUT2D eigenvalue weighted by Crippen LogP contribution is 2.34. The second-order valence-corrected chi connectivity index (χ2v) is 9.16. The van der Waals surface area contributed by atoms with Gasteiger partial charge in [0.05, 0.1) is 18.1 Å². The predicted octanol–water partition coefficient (Wildman–Crippen LogP) is 4.40. The van der Waals surface area contributed by atoms with Gasteiger partial charge in [-0.3, -0.25) is 4.79 Å². The lowest BCUT2D eigenvalue weighted by atomic mass is 9.75. The predicted molar refractivity (Wildman–Crippen MR) is 126 cm³/mol. The van der Waals surface area contributed by atoms with E-state index in [1.54, 1.807) is 6.08 Å². The number of carbonyl (C=O) groups excluding carboxylic acids is 1. The minimum absolute atomic E-state index is 0.0222. The lowest BCUT2D eigenvalue weighted by Gasteiger charge is -2.35. The van der Waals surface area contributed by atoms with Crippen molar-refractivity contribution in [3.63, 3.8) is 0 Å². The van der Waals surface area contributed by atoms with Crippen LogP contribution in [0.5, 0.6) is 0 Å². The third kappa shape index (κ3) is 5.96. The number of allylic oxidation sites excluding steroid dienone is 8. The smallest absolute Gasteiger partial charge is 0.227 e. The highest BCUT2D eigenvalue weighted by Gasteiger charge is 2.35. The van der Waals surface area contributed by atoms with E-state index in [1.165, 1.54) is 0 Å². The molecule has 0 saturated carbocycles. The van der Waals surface area contributed by atoms with E-state index in [0.717, 1.165) is 36.8 Å². The van der Waals surface area contributed by atoms with E-state index in [-0.39, 0.29) is 35.6 Å². The van der Waals surface area contributed by atoms with Crippen LogP contribution in [-0.2, 0) is 4.79 Å². The van der Waals surface area contributed by atoms with Gasteiger partial charge in [0, 0.05) is 17.9 Å². The first-order valence-corrected chi connectivity index (χ1v) is 11.6. The Morgan fingerprint density at radius 1 is 1.13 bits per heavy atom. The lowest BCUT2D eigenvalue weighted by molar-refractivity contribution is -0.127. The number of carbonyl (C=O) groups is 1. The van der Waals surface area contributed by atoms with E-state index in [0.29, 0.717) is 0 Å². The zero-order valence-electron chi connectivity index (χ0n) is 18.9. The minimum Gasteiger partial charge on any atom is -0.389 e. The van der Waals surface area contributed by atoms with Crippen LogP contribution in [0, 0.1) is 23.7 Å². The number of fused-ring (bicyclic) bond motifs is 2. The molecule has 2 aliphatic carbocycles. The van der Waals surface area contributed by atoms with Crippen LogP contribution in [0.3, 0.4) is 0 Å². The number of piperidine rings is 1. The van der Waals surface area contributed by atoms with Crippen LogP contribution in [0.1, 0.15) is 46.5 Å². The number of aliphatic hydroxyl groups excluding tert-OH is 2. The normalized spacial score (nSPS) is 41.5. The molecule has 31 heavy (non-hydrogen) atoms. The minimum atomic E-state index is -0.859. The Kier molecular flexibility index (Phi) is 8.28. The molecule has 0 aromatic carbocycles. The summed E-state index contributed by atoms with van der Waals surface area (Å²) in [5.74, 6) is -0.154. The molecule has 0 aromatic heterocycles. The van der Waals surface area contributed by atoms with Gasteiger partial charge in [-0.2, -0.15) is 0 Å². The molecule has 3 aliphatic rings. The van der Waals surface area contributed by atoms with Crippen molar-refractivity contribution >= 4 is 5.91 Å². The molecular weight excluding hydrogens is 386 g/mol. The molecule has 0 aromatic rings. The van der Waals surface area contributed by atoms with Gasteiger partial charge >= 0.3 is 0 Å². The first-order valence-electron chi connectivity index (χ1n) is 11.6. The molecule has 0 radical (unpaired) electrons. The summed E-state index contributed by atoms with van der Waals surface area (Å²) in [4.78, 5) is 12.9. The van der Waals surface area contributed by atoms with Gasteiger partial charge in [-0.15, -0.1) is 0 Å². The zero-order valence-corrected chi connectivity index (χ0v) is 18.9. The Morgan fingerprint density at radius 2 is 1.94 bits per heavy atom. The van der Waals surface area contributed by atoms with E-state index < -0.39 is 12.2 Å². The van der Waals surface area contributed by atoms with Crippen molar-refractivity contribution in [3.05, 3.63) is 71.9 Å². The summed E-state index contributed by atoms with van der Waals surface area (Å²) < 4.78 is 0. The molecule has 7 atom stereocenters. The van der Waals surface area contributed by atoms with Gasteiger partial charge in [0.25, 0.3) is 0 Å². The summed E-state index contributed by atoms with van der Waals surface area (Å²) in [6, 6.07) is 0.164. The van der Waals surface area contributed by atoms with E-state index in [4.69, 9.17) is 0 Å². The number of hydrogen-bond acceptors (Lipinski definition) is 3. The maximum atomic E-state index is 12.9. The number of aliphatic hydroxyl groups is 2. The monoisotopic (exact) mass is 423 g/mol. The van der Waals surface area contributed by atoms with E-state index >= 15 is 0 Å². The van der Waals surface area contributed by atoms with E-state index in [9.17, 15) is 15.0 Å². The van der Waals surface area contributed by atoms with Gasteiger partial charge in [-0.25, -0.2) is 0 Å². The van der Waals surface area contributed by atoms with Crippen molar-refractivity contribution in [1.29, 1.82) is 0 Å². The van der Waals surface area contributed by atoms with Crippen molar-refractivity contribution in [2.24, 2.45) is 23.7 Å². The fourth-order valence-electron chi connectivity index (χ4n) is 4.88. The molecule has 3 rings (SSSR count). The molecule has 168 valence electrons. The van der Waals surface area contributed by atoms with Crippen molar-refractivity contribution in [2.75, 3.05) is 0 Å². The number of unbranched alkanes of at least 4 members (excludes halogenated alkanes) is 1. The molecule has 1 aliphatic heterocycles. The second kappa shape index (κ2) is 10.9. The van der Waals surface area contributed by atoms with E-state index in [2.05, 4.69) is 49.5 Å². The summed E-state index contributed by atoms with van der Waals surface area (Å²) >= 11 is 0. The van der Waals surface area contributed by atoms with Crippen molar-refractivity contribution in [2.45, 2.75) is 64.7 Å². The Bertz CT molecular complexity index is 816. The van der Waals surface area contributed by atoms with Gasteiger partial charge in [0.1, 0.15) is 0 Å². The number of hydrogen-bond donors (Lipinski definition) is 3. The molecule has 0 bridgehead atoms. The summed E-state index contributed by atoms with van der Waals surface area (Å²) in [6.07, 6.45) is 22.7. The van der Waals surface area contributed by atoms with Crippen LogP contribution < -0.4 is 5.32 Å². The maximum Gasteiger partial charge on any atom is 0.227 e. The number of rotatable bonds is 4. The van der Waals surface area contributed by atoms with Crippen LogP contribution in [0.4, 0.5) is 0 Å². The van der Waals surface area contributed by atoms with Crippen molar-refractivity contribution in [1.82, 2.24) is 5.32 Å². The summed E-state index contributed by atoms with van der Waals surface area (Å²) in [6.45, 7) is 6.21. The average molecular weight is 424 g/mol. The Morgan fingerprint density at radius 3 is 2.71 bits per heavy atom. The Hall–Kier alpha value is -2.17. The first kappa shape index (κ1) is 23.5. The molecule has 3 N–H and O–H groups in total. The molecule has 4 nitrogen and oxygen atoms in total. The molecule has 4 heteroatoms. The van der Waals surface area contributed by atoms with Gasteiger partial charge in [-0.1, -0.05) is 85.3 Å². The average Bonchev–Trinajstić information content (AvgIpc) is 2.73. The molecule has 1 saturated heterocycles. The van der Waals surface area contributed by atoms with Crippen LogP contribution >= 0.6 is 0 Å². The summed E-state index contributed by atoms with van der Waals surface area (Å²) in [7, 11) is 0. The van der Waals surface area contributed by atoms with Gasteiger partial charge in [0.15, 0.2) is 0 Å². The van der Waals surface area contributed by atoms with Crippen LogP contribution in [-0.4, -0.2) is 34.4 Å². The van der Waals surface area contributed by atoms with Crippen LogP contribution in [0.15, 0.2) is 71.9 Å². The van der Waals surface area contributed by atoms with E-state index in [1.807, 2.05) is 31.2 Å². The van der Waals surface area contributed by atoms with Crippen molar-refractivity contribution in [3.8, 4) is 0 Å². The van der Waals surface area contributed by atoms with Crippen LogP contribution in [0.25, 0.3) is 0 Å².